The van der Waals surface area contributed by atoms with Crippen LogP contribution in [0, 0.1) is 6.92 Å². The Morgan fingerprint density at radius 1 is 1.35 bits per heavy atom. The lowest BCUT2D eigenvalue weighted by Crippen LogP contribution is -2.46. The van der Waals surface area contributed by atoms with Gasteiger partial charge in [0.2, 0.25) is 0 Å². The molecule has 0 radical (unpaired) electrons. The molecule has 0 aliphatic carbocycles. The molecule has 0 saturated carbocycles. The minimum Gasteiger partial charge on any atom is -0.382 e. The molecule has 1 aliphatic heterocycles. The molecule has 1 aromatic rings. The lowest BCUT2D eigenvalue weighted by molar-refractivity contribution is 0.158. The zero-order valence-corrected chi connectivity index (χ0v) is 13.9. The van der Waals surface area contributed by atoms with Crippen molar-refractivity contribution in [2.45, 2.75) is 25.8 Å². The van der Waals surface area contributed by atoms with Crippen LogP contribution in [0.2, 0.25) is 0 Å². The normalized spacial score (nSPS) is 16.1. The van der Waals surface area contributed by atoms with Gasteiger partial charge in [-0.15, -0.1) is 0 Å². The molecule has 4 nitrogen and oxygen atoms in total. The molecular formula is C15H22BrN3O. The third-order valence-corrected chi connectivity index (χ3v) is 4.55. The summed E-state index contributed by atoms with van der Waals surface area (Å²) < 4.78 is 1.13. The summed E-state index contributed by atoms with van der Waals surface area (Å²) >= 11 is 3.56. The van der Waals surface area contributed by atoms with Gasteiger partial charge < -0.3 is 15.1 Å². The minimum absolute atomic E-state index is 0.113. The van der Waals surface area contributed by atoms with Crippen LogP contribution in [0.25, 0.3) is 0 Å². The molecule has 0 unspecified atom stereocenters. The lowest BCUT2D eigenvalue weighted by atomic mass is 10.0. The number of urea groups is 1. The fraction of sp³-hybridized carbons (Fsp3) is 0.533. The summed E-state index contributed by atoms with van der Waals surface area (Å²) in [7, 11) is 3.60. The van der Waals surface area contributed by atoms with Crippen LogP contribution >= 0.6 is 15.9 Å². The molecule has 2 rings (SSSR count). The first-order valence-corrected chi connectivity index (χ1v) is 7.75. The number of likely N-dealkylation sites (tertiary alicyclic amines) is 1. The Balaban J connectivity index is 1.88. The number of hydrogen-bond acceptors (Lipinski definition) is 2. The number of nitrogens with zero attached hydrogens (tertiary/aromatic N) is 2. The number of amides is 2. The number of carbonyl (C=O) groups is 1. The van der Waals surface area contributed by atoms with Gasteiger partial charge in [-0.3, -0.25) is 0 Å². The number of carbonyl (C=O) groups excluding carboxylic acids is 1. The highest BCUT2D eigenvalue weighted by atomic mass is 79.9. The van der Waals surface area contributed by atoms with E-state index in [-0.39, 0.29) is 6.03 Å². The third-order valence-electron chi connectivity index (χ3n) is 3.69. The molecule has 1 aliphatic rings. The molecule has 1 heterocycles. The number of benzene rings is 1. The molecule has 2 amide bonds. The molecule has 1 aromatic carbocycles. The van der Waals surface area contributed by atoms with Crippen LogP contribution in [0.1, 0.15) is 18.4 Å². The average Bonchev–Trinajstić information content (AvgIpc) is 2.43. The number of nitrogens with one attached hydrogen (secondary N) is 1. The number of anilines is 1. The minimum atomic E-state index is 0.113. The first-order valence-electron chi connectivity index (χ1n) is 6.96. The van der Waals surface area contributed by atoms with Crippen LogP contribution in [0.3, 0.4) is 0 Å². The van der Waals surface area contributed by atoms with Crippen molar-refractivity contribution in [1.29, 1.82) is 0 Å². The van der Waals surface area contributed by atoms with E-state index in [2.05, 4.69) is 46.4 Å². The zero-order chi connectivity index (χ0) is 14.7. The van der Waals surface area contributed by atoms with Gasteiger partial charge in [0, 0.05) is 43.4 Å². The van der Waals surface area contributed by atoms with Crippen molar-refractivity contribution in [3.05, 3.63) is 28.2 Å². The largest absolute Gasteiger partial charge is 0.382 e. The standard InChI is InChI=1S/C15H22BrN3O/c1-11-4-5-13(10-14(11)16)17-12-6-8-19(9-7-12)15(20)18(2)3/h4-5,10,12,17H,6-9H2,1-3H3. The highest BCUT2D eigenvalue weighted by molar-refractivity contribution is 9.10. The Hall–Kier alpha value is -1.23. The van der Waals surface area contributed by atoms with Crippen molar-refractivity contribution in [2.75, 3.05) is 32.5 Å². The molecule has 5 heteroatoms. The van der Waals surface area contributed by atoms with Gasteiger partial charge in [0.15, 0.2) is 0 Å². The Morgan fingerprint density at radius 2 is 2.00 bits per heavy atom. The second-order valence-electron chi connectivity index (χ2n) is 5.55. The number of rotatable bonds is 2. The predicted octanol–water partition coefficient (Wildman–Crippen LogP) is 3.32. The Labute approximate surface area is 129 Å². The maximum Gasteiger partial charge on any atom is 0.319 e. The van der Waals surface area contributed by atoms with Gasteiger partial charge in [0.05, 0.1) is 0 Å². The van der Waals surface area contributed by atoms with Gasteiger partial charge in [0.25, 0.3) is 0 Å². The van der Waals surface area contributed by atoms with E-state index in [1.807, 2.05) is 4.90 Å². The predicted molar refractivity (Wildman–Crippen MR) is 86.2 cm³/mol. The third kappa shape index (κ3) is 3.66. The topological polar surface area (TPSA) is 35.6 Å². The Kier molecular flexibility index (Phi) is 4.91. The molecule has 0 atom stereocenters. The maximum atomic E-state index is 11.9. The Morgan fingerprint density at radius 3 is 2.55 bits per heavy atom. The van der Waals surface area contributed by atoms with Crippen molar-refractivity contribution in [2.24, 2.45) is 0 Å². The van der Waals surface area contributed by atoms with E-state index in [4.69, 9.17) is 0 Å². The number of piperidine rings is 1. The molecule has 1 fully saturated rings. The van der Waals surface area contributed by atoms with E-state index in [0.29, 0.717) is 6.04 Å². The number of aryl methyl sites for hydroxylation is 1. The van der Waals surface area contributed by atoms with E-state index in [1.54, 1.807) is 19.0 Å². The van der Waals surface area contributed by atoms with Gasteiger partial charge in [-0.25, -0.2) is 4.79 Å². The molecule has 1 N–H and O–H groups in total. The van der Waals surface area contributed by atoms with Gasteiger partial charge in [-0.2, -0.15) is 0 Å². The van der Waals surface area contributed by atoms with Crippen molar-refractivity contribution in [1.82, 2.24) is 9.80 Å². The highest BCUT2D eigenvalue weighted by Crippen LogP contribution is 2.23. The second-order valence-corrected chi connectivity index (χ2v) is 6.40. The van der Waals surface area contributed by atoms with Crippen LogP contribution in [0.4, 0.5) is 10.5 Å². The van der Waals surface area contributed by atoms with Crippen molar-refractivity contribution in [3.8, 4) is 0 Å². The summed E-state index contributed by atoms with van der Waals surface area (Å²) in [5.41, 5.74) is 2.38. The second kappa shape index (κ2) is 6.48. The first-order chi connectivity index (χ1) is 9.47. The number of hydrogen-bond donors (Lipinski definition) is 1. The van der Waals surface area contributed by atoms with E-state index >= 15 is 0 Å². The molecule has 1 saturated heterocycles. The average molecular weight is 340 g/mol. The van der Waals surface area contributed by atoms with Gasteiger partial charge in [-0.05, 0) is 37.5 Å². The maximum absolute atomic E-state index is 11.9. The molecule has 0 spiro atoms. The summed E-state index contributed by atoms with van der Waals surface area (Å²) in [5.74, 6) is 0. The Bertz CT molecular complexity index is 482. The summed E-state index contributed by atoms with van der Waals surface area (Å²) in [6, 6.07) is 6.89. The summed E-state index contributed by atoms with van der Waals surface area (Å²) in [5, 5.41) is 3.56. The van der Waals surface area contributed by atoms with Crippen LogP contribution in [0.5, 0.6) is 0 Å². The molecule has 0 bridgehead atoms. The van der Waals surface area contributed by atoms with E-state index < -0.39 is 0 Å². The van der Waals surface area contributed by atoms with E-state index in [0.717, 1.165) is 36.1 Å². The van der Waals surface area contributed by atoms with E-state index in [1.165, 1.54) is 5.56 Å². The van der Waals surface area contributed by atoms with Crippen LogP contribution in [0.15, 0.2) is 22.7 Å². The first kappa shape index (κ1) is 15.2. The van der Waals surface area contributed by atoms with Crippen molar-refractivity contribution >= 4 is 27.6 Å². The fourth-order valence-corrected chi connectivity index (χ4v) is 2.80. The molecule has 20 heavy (non-hydrogen) atoms. The van der Waals surface area contributed by atoms with Crippen LogP contribution in [-0.2, 0) is 0 Å². The van der Waals surface area contributed by atoms with Gasteiger partial charge in [-0.1, -0.05) is 22.0 Å². The molecule has 0 aromatic heterocycles. The highest BCUT2D eigenvalue weighted by Gasteiger charge is 2.23. The van der Waals surface area contributed by atoms with Gasteiger partial charge >= 0.3 is 6.03 Å². The number of halogens is 1. The quantitative estimate of drug-likeness (QED) is 0.897. The van der Waals surface area contributed by atoms with Crippen LogP contribution in [-0.4, -0.2) is 49.1 Å². The van der Waals surface area contributed by atoms with Crippen molar-refractivity contribution in [3.63, 3.8) is 0 Å². The van der Waals surface area contributed by atoms with Crippen LogP contribution < -0.4 is 5.32 Å². The summed E-state index contributed by atoms with van der Waals surface area (Å²) in [6.45, 7) is 3.72. The summed E-state index contributed by atoms with van der Waals surface area (Å²) in [6.07, 6.45) is 1.98. The van der Waals surface area contributed by atoms with Crippen molar-refractivity contribution < 1.29 is 4.79 Å². The lowest BCUT2D eigenvalue weighted by Gasteiger charge is -2.34. The zero-order valence-electron chi connectivity index (χ0n) is 12.3. The summed E-state index contributed by atoms with van der Waals surface area (Å²) in [4.78, 5) is 15.4. The monoisotopic (exact) mass is 339 g/mol. The molecular weight excluding hydrogens is 318 g/mol. The molecule has 110 valence electrons. The van der Waals surface area contributed by atoms with Gasteiger partial charge in [0.1, 0.15) is 0 Å². The fourth-order valence-electron chi connectivity index (χ4n) is 2.42. The smallest absolute Gasteiger partial charge is 0.319 e. The SMILES string of the molecule is Cc1ccc(NC2CCN(C(=O)N(C)C)CC2)cc1Br. The van der Waals surface area contributed by atoms with E-state index in [9.17, 15) is 4.79 Å².